The fourth-order valence-corrected chi connectivity index (χ4v) is 1.98. The first kappa shape index (κ1) is 11.7. The smallest absolute Gasteiger partial charge is 0.226 e. The largest absolute Gasteiger partial charge is 0.311 e. The van der Waals surface area contributed by atoms with Gasteiger partial charge in [0.25, 0.3) is 0 Å². The van der Waals surface area contributed by atoms with Crippen LogP contribution in [0, 0.1) is 22.8 Å². The summed E-state index contributed by atoms with van der Waals surface area (Å²) in [5, 5.41) is 22.7. The topological polar surface area (TPSA) is 88.7 Å². The van der Waals surface area contributed by atoms with Crippen LogP contribution in [-0.2, 0) is 4.79 Å². The van der Waals surface area contributed by atoms with Crippen molar-refractivity contribution in [3.8, 4) is 12.3 Å². The van der Waals surface area contributed by atoms with Crippen molar-refractivity contribution in [2.75, 3.05) is 0 Å². The van der Waals surface area contributed by atoms with Gasteiger partial charge in [-0.3, -0.25) is 10.1 Å². The Bertz CT molecular complexity index is 577. The van der Waals surface area contributed by atoms with Gasteiger partial charge in [-0.15, -0.1) is 0 Å². The van der Waals surface area contributed by atoms with E-state index in [4.69, 9.17) is 5.26 Å². The lowest BCUT2D eigenvalue weighted by atomic mass is 9.86. The van der Waals surface area contributed by atoms with Crippen molar-refractivity contribution in [3.63, 3.8) is 0 Å². The van der Waals surface area contributed by atoms with Gasteiger partial charge in [0.15, 0.2) is 6.19 Å². The number of carbonyl (C=O) groups excluding carboxylic acids is 1. The molecule has 1 aliphatic heterocycles. The minimum Gasteiger partial charge on any atom is -0.311 e. The highest BCUT2D eigenvalue weighted by molar-refractivity contribution is 5.82. The molecule has 0 radical (unpaired) electrons. The Morgan fingerprint density at radius 1 is 1.28 bits per heavy atom. The number of nitriles is 2. The number of amides is 1. The van der Waals surface area contributed by atoms with E-state index in [0.29, 0.717) is 5.57 Å². The van der Waals surface area contributed by atoms with Crippen molar-refractivity contribution < 1.29 is 4.79 Å². The molecule has 1 amide bonds. The van der Waals surface area contributed by atoms with Crippen molar-refractivity contribution in [3.05, 3.63) is 47.3 Å². The van der Waals surface area contributed by atoms with E-state index < -0.39 is 0 Å². The lowest BCUT2D eigenvalue weighted by Gasteiger charge is -2.24. The maximum atomic E-state index is 11.6. The summed E-state index contributed by atoms with van der Waals surface area (Å²) in [4.78, 5) is 11.6. The van der Waals surface area contributed by atoms with E-state index in [-0.39, 0.29) is 24.1 Å². The molecule has 1 atom stereocenters. The molecule has 5 heteroatoms. The number of hydrogen-bond acceptors (Lipinski definition) is 4. The molecule has 0 aliphatic carbocycles. The van der Waals surface area contributed by atoms with Gasteiger partial charge in [0.2, 0.25) is 5.91 Å². The molecule has 88 valence electrons. The van der Waals surface area contributed by atoms with E-state index in [1.54, 1.807) is 6.19 Å². The Balaban J connectivity index is 2.46. The molecule has 18 heavy (non-hydrogen) atoms. The first-order chi connectivity index (χ1) is 8.76. The van der Waals surface area contributed by atoms with Crippen LogP contribution in [0.4, 0.5) is 0 Å². The molecule has 0 bridgehead atoms. The molecule has 0 saturated heterocycles. The van der Waals surface area contributed by atoms with Crippen molar-refractivity contribution >= 4 is 5.91 Å². The van der Waals surface area contributed by atoms with Crippen LogP contribution in [0.3, 0.4) is 0 Å². The lowest BCUT2D eigenvalue weighted by Crippen LogP contribution is -2.37. The average molecular weight is 238 g/mol. The summed E-state index contributed by atoms with van der Waals surface area (Å²) in [6.07, 6.45) is 1.93. The summed E-state index contributed by atoms with van der Waals surface area (Å²) >= 11 is 0. The van der Waals surface area contributed by atoms with Crippen LogP contribution in [0.1, 0.15) is 17.9 Å². The summed E-state index contributed by atoms with van der Waals surface area (Å²) in [7, 11) is 0. The van der Waals surface area contributed by atoms with E-state index in [2.05, 4.69) is 16.7 Å². The second-order valence-electron chi connectivity index (χ2n) is 3.85. The zero-order valence-corrected chi connectivity index (χ0v) is 9.47. The molecular formula is C13H10N4O. The predicted molar refractivity (Wildman–Crippen MR) is 63.3 cm³/mol. The summed E-state index contributed by atoms with van der Waals surface area (Å²) in [6, 6.07) is 11.4. The average Bonchev–Trinajstić information content (AvgIpc) is 2.39. The molecule has 2 rings (SSSR count). The summed E-state index contributed by atoms with van der Waals surface area (Å²) < 4.78 is 0. The minimum absolute atomic E-state index is 0.185. The predicted octanol–water partition coefficient (Wildman–Crippen LogP) is 1.10. The van der Waals surface area contributed by atoms with Crippen LogP contribution >= 0.6 is 0 Å². The molecular weight excluding hydrogens is 228 g/mol. The fourth-order valence-electron chi connectivity index (χ4n) is 1.98. The third-order valence-electron chi connectivity index (χ3n) is 2.78. The summed E-state index contributed by atoms with van der Waals surface area (Å²) in [5.74, 6) is -0.327. The van der Waals surface area contributed by atoms with Crippen LogP contribution in [0.2, 0.25) is 0 Å². The normalized spacial score (nSPS) is 18.6. The van der Waals surface area contributed by atoms with Gasteiger partial charge >= 0.3 is 0 Å². The van der Waals surface area contributed by atoms with Crippen molar-refractivity contribution in [2.45, 2.75) is 12.3 Å². The third kappa shape index (κ3) is 2.16. The monoisotopic (exact) mass is 238 g/mol. The van der Waals surface area contributed by atoms with Crippen LogP contribution in [0.15, 0.2) is 41.7 Å². The van der Waals surface area contributed by atoms with Gasteiger partial charge in [-0.25, -0.2) is 0 Å². The molecule has 0 aromatic heterocycles. The van der Waals surface area contributed by atoms with Crippen molar-refractivity contribution in [1.82, 2.24) is 10.6 Å². The Kier molecular flexibility index (Phi) is 3.26. The van der Waals surface area contributed by atoms with Gasteiger partial charge in [0, 0.05) is 12.3 Å². The van der Waals surface area contributed by atoms with Crippen LogP contribution < -0.4 is 10.6 Å². The standard InChI is InChI=1S/C13H10N4O/c14-7-11-10(9-4-2-1-3-5-9)6-12(18)17-13(11)16-8-15/h1-5,10,16H,6H2,(H,17,18)/t10-/m1/s1. The number of rotatable bonds is 2. The van der Waals surface area contributed by atoms with Crippen molar-refractivity contribution in [1.29, 1.82) is 10.5 Å². The second-order valence-corrected chi connectivity index (χ2v) is 3.85. The number of benzene rings is 1. The van der Waals surface area contributed by atoms with Gasteiger partial charge in [-0.1, -0.05) is 30.3 Å². The van der Waals surface area contributed by atoms with Gasteiger partial charge < -0.3 is 5.32 Å². The molecule has 5 nitrogen and oxygen atoms in total. The number of hydrogen-bond donors (Lipinski definition) is 2. The molecule has 0 spiro atoms. The molecule has 0 saturated carbocycles. The number of nitrogens with zero attached hydrogens (tertiary/aromatic N) is 2. The SMILES string of the molecule is N#CNC1=C(C#N)[C@@H](c2ccccc2)CC(=O)N1. The van der Waals surface area contributed by atoms with E-state index in [1.807, 2.05) is 30.3 Å². The van der Waals surface area contributed by atoms with Crippen LogP contribution in [0.25, 0.3) is 0 Å². The fraction of sp³-hybridized carbons (Fsp3) is 0.154. The van der Waals surface area contributed by atoms with Gasteiger partial charge in [-0.05, 0) is 5.56 Å². The lowest BCUT2D eigenvalue weighted by molar-refractivity contribution is -0.121. The molecule has 2 N–H and O–H groups in total. The Hall–Kier alpha value is -2.79. The number of allylic oxidation sites excluding steroid dienone is 1. The number of nitrogens with one attached hydrogen (secondary N) is 2. The molecule has 0 unspecified atom stereocenters. The highest BCUT2D eigenvalue weighted by Gasteiger charge is 2.29. The molecule has 0 fully saturated rings. The maximum Gasteiger partial charge on any atom is 0.226 e. The van der Waals surface area contributed by atoms with Crippen molar-refractivity contribution in [2.24, 2.45) is 0 Å². The van der Waals surface area contributed by atoms with Gasteiger partial charge in [0.1, 0.15) is 5.82 Å². The van der Waals surface area contributed by atoms with E-state index in [1.165, 1.54) is 0 Å². The van der Waals surface area contributed by atoms with E-state index in [9.17, 15) is 10.1 Å². The molecule has 1 aliphatic rings. The molecule has 1 aromatic rings. The highest BCUT2D eigenvalue weighted by atomic mass is 16.1. The Labute approximate surface area is 104 Å². The zero-order chi connectivity index (χ0) is 13.0. The van der Waals surface area contributed by atoms with Crippen LogP contribution in [0.5, 0.6) is 0 Å². The minimum atomic E-state index is -0.305. The van der Waals surface area contributed by atoms with Gasteiger partial charge in [-0.2, -0.15) is 10.5 Å². The van der Waals surface area contributed by atoms with Crippen LogP contribution in [-0.4, -0.2) is 5.91 Å². The second kappa shape index (κ2) is 5.03. The highest BCUT2D eigenvalue weighted by Crippen LogP contribution is 2.31. The Morgan fingerprint density at radius 2 is 2.00 bits per heavy atom. The zero-order valence-electron chi connectivity index (χ0n) is 9.47. The third-order valence-corrected chi connectivity index (χ3v) is 2.78. The first-order valence-electron chi connectivity index (χ1n) is 5.40. The summed E-state index contributed by atoms with van der Waals surface area (Å²) in [6.45, 7) is 0. The summed E-state index contributed by atoms with van der Waals surface area (Å²) in [5.41, 5.74) is 1.27. The molecule has 1 aromatic carbocycles. The van der Waals surface area contributed by atoms with E-state index in [0.717, 1.165) is 5.56 Å². The van der Waals surface area contributed by atoms with E-state index >= 15 is 0 Å². The Morgan fingerprint density at radius 3 is 2.61 bits per heavy atom. The first-order valence-corrected chi connectivity index (χ1v) is 5.40. The van der Waals surface area contributed by atoms with Gasteiger partial charge in [0.05, 0.1) is 11.6 Å². The number of carbonyl (C=O) groups is 1. The maximum absolute atomic E-state index is 11.6. The molecule has 1 heterocycles. The quantitative estimate of drug-likeness (QED) is 0.596.